The number of fused-ring (bicyclic) bond motifs is 2. The number of ether oxygens (including phenoxy) is 1. The molecule has 0 aliphatic carbocycles. The van der Waals surface area contributed by atoms with Crippen LogP contribution in [0.5, 0.6) is 5.75 Å². The SMILES string of the molecule is CNC(=O)c1c(-c2ccc(F)cc2)oc2cc(N(CC(F)F)S(C)(=O)=O)c(-c3ccc(OC)c(-c4nc5cccc(F)c5o4)c3)cc12. The van der Waals surface area contributed by atoms with Gasteiger partial charge in [0.05, 0.1) is 36.7 Å². The first-order valence-corrected chi connectivity index (χ1v) is 15.8. The Hall–Kier alpha value is -5.37. The molecular formula is C33H25F4N3O6S. The summed E-state index contributed by atoms with van der Waals surface area (Å²) in [6, 6.07) is 16.7. The lowest BCUT2D eigenvalue weighted by molar-refractivity contribution is 0.0964. The molecule has 1 N–H and O–H groups in total. The summed E-state index contributed by atoms with van der Waals surface area (Å²) in [4.78, 5) is 17.6. The quantitative estimate of drug-likeness (QED) is 0.162. The average molecular weight is 668 g/mol. The summed E-state index contributed by atoms with van der Waals surface area (Å²) in [5.41, 5.74) is 1.00. The van der Waals surface area contributed by atoms with E-state index in [1.165, 1.54) is 74.8 Å². The average Bonchev–Trinajstić information content (AvgIpc) is 3.65. The Morgan fingerprint density at radius 1 is 0.979 bits per heavy atom. The summed E-state index contributed by atoms with van der Waals surface area (Å²) < 4.78 is 99.7. The van der Waals surface area contributed by atoms with Crippen molar-refractivity contribution in [2.75, 3.05) is 31.3 Å². The molecule has 2 aromatic heterocycles. The van der Waals surface area contributed by atoms with Crippen LogP contribution in [0.1, 0.15) is 10.4 Å². The lowest BCUT2D eigenvalue weighted by Crippen LogP contribution is -2.34. The van der Waals surface area contributed by atoms with E-state index in [-0.39, 0.29) is 67.4 Å². The summed E-state index contributed by atoms with van der Waals surface area (Å²) in [5, 5.41) is 2.76. The van der Waals surface area contributed by atoms with E-state index in [1.54, 1.807) is 12.1 Å². The lowest BCUT2D eigenvalue weighted by atomic mass is 9.97. The van der Waals surface area contributed by atoms with Gasteiger partial charge in [0.15, 0.2) is 11.4 Å². The molecule has 0 aliphatic heterocycles. The van der Waals surface area contributed by atoms with E-state index >= 15 is 0 Å². The van der Waals surface area contributed by atoms with E-state index in [4.69, 9.17) is 13.6 Å². The third-order valence-corrected chi connectivity index (χ3v) is 8.59. The maximum absolute atomic E-state index is 14.5. The van der Waals surface area contributed by atoms with Gasteiger partial charge in [0.2, 0.25) is 15.9 Å². The number of rotatable bonds is 9. The Kier molecular flexibility index (Phi) is 8.13. The number of sulfonamides is 1. The zero-order valence-corrected chi connectivity index (χ0v) is 25.8. The Morgan fingerprint density at radius 3 is 2.34 bits per heavy atom. The Labute approximate surface area is 265 Å². The van der Waals surface area contributed by atoms with Gasteiger partial charge in [-0.3, -0.25) is 9.10 Å². The lowest BCUT2D eigenvalue weighted by Gasteiger charge is -2.25. The number of alkyl halides is 2. The Balaban J connectivity index is 1.67. The predicted octanol–water partition coefficient (Wildman–Crippen LogP) is 7.25. The van der Waals surface area contributed by atoms with Gasteiger partial charge in [-0.2, -0.15) is 0 Å². The number of hydrogen-bond donors (Lipinski definition) is 1. The number of nitrogens with one attached hydrogen (secondary N) is 1. The standard InChI is InChI=1S/C33H25F4N3O6S/c1-38-32(41)29-21-14-20(18-9-12-26(44-2)22(13-18)33-39-24-6-4-5-23(35)31(24)46-33)25(40(16-28(36)37)47(3,42)43)15-27(21)45-30(29)17-7-10-19(34)11-8-17/h4-15,28H,16H2,1-3H3,(H,38,41). The number of hydrogen-bond acceptors (Lipinski definition) is 7. The number of carbonyl (C=O) groups is 1. The van der Waals surface area contributed by atoms with Crippen LogP contribution in [-0.4, -0.2) is 52.7 Å². The van der Waals surface area contributed by atoms with E-state index < -0.39 is 40.5 Å². The molecule has 47 heavy (non-hydrogen) atoms. The Bertz CT molecular complexity index is 2270. The molecule has 14 heteroatoms. The van der Waals surface area contributed by atoms with Gasteiger partial charge in [0.1, 0.15) is 28.4 Å². The summed E-state index contributed by atoms with van der Waals surface area (Å²) in [6.45, 7) is -1.18. The predicted molar refractivity (Wildman–Crippen MR) is 168 cm³/mol. The molecule has 0 bridgehead atoms. The van der Waals surface area contributed by atoms with Gasteiger partial charge in [-0.1, -0.05) is 12.1 Å². The van der Waals surface area contributed by atoms with Crippen molar-refractivity contribution in [1.29, 1.82) is 0 Å². The van der Waals surface area contributed by atoms with Crippen LogP contribution >= 0.6 is 0 Å². The molecule has 0 unspecified atom stereocenters. The van der Waals surface area contributed by atoms with Crippen LogP contribution in [0, 0.1) is 11.6 Å². The number of furan rings is 1. The fourth-order valence-electron chi connectivity index (χ4n) is 5.34. The smallest absolute Gasteiger partial charge is 0.257 e. The van der Waals surface area contributed by atoms with Crippen molar-refractivity contribution in [3.63, 3.8) is 0 Å². The van der Waals surface area contributed by atoms with Crippen molar-refractivity contribution in [2.24, 2.45) is 0 Å². The molecule has 0 aliphatic rings. The number of aromatic nitrogens is 1. The molecule has 0 radical (unpaired) electrons. The van der Waals surface area contributed by atoms with E-state index in [1.807, 2.05) is 0 Å². The molecule has 2 heterocycles. The molecule has 0 atom stereocenters. The highest BCUT2D eigenvalue weighted by molar-refractivity contribution is 7.92. The molecule has 0 saturated heterocycles. The first-order valence-electron chi connectivity index (χ1n) is 14.0. The molecule has 0 saturated carbocycles. The van der Waals surface area contributed by atoms with Gasteiger partial charge < -0.3 is 18.9 Å². The monoisotopic (exact) mass is 667 g/mol. The third-order valence-electron chi connectivity index (χ3n) is 7.45. The van der Waals surface area contributed by atoms with Gasteiger partial charge in [0.25, 0.3) is 12.3 Å². The zero-order valence-electron chi connectivity index (χ0n) is 25.0. The third kappa shape index (κ3) is 5.87. The highest BCUT2D eigenvalue weighted by Crippen LogP contribution is 2.44. The minimum Gasteiger partial charge on any atom is -0.496 e. The molecule has 9 nitrogen and oxygen atoms in total. The highest BCUT2D eigenvalue weighted by atomic mass is 32.2. The molecule has 1 amide bonds. The Morgan fingerprint density at radius 2 is 1.70 bits per heavy atom. The zero-order chi connectivity index (χ0) is 33.6. The number of para-hydroxylation sites is 1. The molecule has 0 spiro atoms. The van der Waals surface area contributed by atoms with Crippen molar-refractivity contribution in [3.05, 3.63) is 90.0 Å². The normalized spacial score (nSPS) is 11.8. The number of methoxy groups -OCH3 is 1. The minimum absolute atomic E-state index is 0.00718. The first kappa shape index (κ1) is 31.6. The summed E-state index contributed by atoms with van der Waals surface area (Å²) in [7, 11) is -1.50. The second-order valence-electron chi connectivity index (χ2n) is 10.5. The summed E-state index contributed by atoms with van der Waals surface area (Å²) >= 11 is 0. The fraction of sp³-hybridized carbons (Fsp3) is 0.152. The van der Waals surface area contributed by atoms with Gasteiger partial charge in [-0.15, -0.1) is 0 Å². The number of oxazole rings is 1. The second-order valence-corrected chi connectivity index (χ2v) is 12.4. The van der Waals surface area contributed by atoms with Crippen LogP contribution in [0.25, 0.3) is 56.0 Å². The maximum Gasteiger partial charge on any atom is 0.257 e. The van der Waals surface area contributed by atoms with Crippen molar-refractivity contribution in [3.8, 4) is 39.7 Å². The molecule has 242 valence electrons. The van der Waals surface area contributed by atoms with E-state index in [0.29, 0.717) is 9.87 Å². The number of benzene rings is 4. The topological polar surface area (TPSA) is 115 Å². The first-order chi connectivity index (χ1) is 22.4. The number of carbonyl (C=O) groups excluding carboxylic acids is 1. The maximum atomic E-state index is 14.5. The minimum atomic E-state index is -4.30. The van der Waals surface area contributed by atoms with Crippen LogP contribution in [0.4, 0.5) is 23.2 Å². The van der Waals surface area contributed by atoms with Gasteiger partial charge in [-0.25, -0.2) is 31.0 Å². The number of halogens is 4. The van der Waals surface area contributed by atoms with Crippen LogP contribution in [0.3, 0.4) is 0 Å². The molecule has 4 aromatic carbocycles. The van der Waals surface area contributed by atoms with Crippen molar-refractivity contribution >= 4 is 43.7 Å². The van der Waals surface area contributed by atoms with Crippen LogP contribution in [0.2, 0.25) is 0 Å². The largest absolute Gasteiger partial charge is 0.496 e. The fourth-order valence-corrected chi connectivity index (χ4v) is 6.23. The number of anilines is 1. The molecule has 6 rings (SSSR count). The van der Waals surface area contributed by atoms with Crippen molar-refractivity contribution in [1.82, 2.24) is 10.3 Å². The number of amides is 1. The molecular weight excluding hydrogens is 642 g/mol. The molecule has 0 fully saturated rings. The van der Waals surface area contributed by atoms with Crippen molar-refractivity contribution < 1.29 is 44.3 Å². The van der Waals surface area contributed by atoms with E-state index in [2.05, 4.69) is 10.3 Å². The molecule has 6 aromatic rings. The van der Waals surface area contributed by atoms with Crippen LogP contribution in [-0.2, 0) is 10.0 Å². The highest BCUT2D eigenvalue weighted by Gasteiger charge is 2.29. The van der Waals surface area contributed by atoms with Crippen molar-refractivity contribution in [2.45, 2.75) is 6.43 Å². The van der Waals surface area contributed by atoms with Crippen LogP contribution < -0.4 is 14.4 Å². The second kappa shape index (κ2) is 12.1. The summed E-state index contributed by atoms with van der Waals surface area (Å²) in [6.07, 6.45) is -2.26. The van der Waals surface area contributed by atoms with E-state index in [0.717, 1.165) is 6.26 Å². The van der Waals surface area contributed by atoms with Crippen LogP contribution in [0.15, 0.2) is 81.6 Å². The van der Waals surface area contributed by atoms with Gasteiger partial charge >= 0.3 is 0 Å². The van der Waals surface area contributed by atoms with E-state index in [9.17, 15) is 30.8 Å². The summed E-state index contributed by atoms with van der Waals surface area (Å²) in [5.74, 6) is -1.44. The van der Waals surface area contributed by atoms with Gasteiger partial charge in [-0.05, 0) is 60.2 Å². The number of nitrogens with zero attached hydrogens (tertiary/aromatic N) is 2. The van der Waals surface area contributed by atoms with Gasteiger partial charge in [0, 0.05) is 29.6 Å².